The van der Waals surface area contributed by atoms with E-state index >= 15 is 0 Å². The molecule has 1 aliphatic heterocycles. The molecule has 0 radical (unpaired) electrons. The molecule has 2 aromatic carbocycles. The van der Waals surface area contributed by atoms with Crippen LogP contribution >= 0.6 is 0 Å². The van der Waals surface area contributed by atoms with Gasteiger partial charge in [-0.25, -0.2) is 0 Å². The molecule has 2 heterocycles. The second kappa shape index (κ2) is 9.69. The van der Waals surface area contributed by atoms with Crippen molar-refractivity contribution in [3.63, 3.8) is 0 Å². The minimum absolute atomic E-state index is 0.0237. The van der Waals surface area contributed by atoms with Gasteiger partial charge >= 0.3 is 0 Å². The number of aryl methyl sites for hydroxylation is 1. The van der Waals surface area contributed by atoms with E-state index in [0.29, 0.717) is 31.8 Å². The standard InChI is InChI=1S/C24H27N3O3/c28-15-13-27-23(20-9-5-2-6-10-20)22(17-25-27)24(29)26-14-16-30-21(18-26)12-11-19-7-3-1-4-8-19/h1-10,17,21,28H,11-16,18H2. The molecule has 1 aliphatic rings. The topological polar surface area (TPSA) is 67.6 Å². The van der Waals surface area contributed by atoms with E-state index in [1.54, 1.807) is 10.9 Å². The van der Waals surface area contributed by atoms with Crippen LogP contribution < -0.4 is 0 Å². The van der Waals surface area contributed by atoms with Crippen LogP contribution in [0.5, 0.6) is 0 Å². The minimum Gasteiger partial charge on any atom is -0.394 e. The highest BCUT2D eigenvalue weighted by Crippen LogP contribution is 2.26. The molecule has 1 unspecified atom stereocenters. The molecule has 1 fully saturated rings. The predicted octanol–water partition coefficient (Wildman–Crippen LogP) is 3.02. The lowest BCUT2D eigenvalue weighted by Gasteiger charge is -2.33. The maximum atomic E-state index is 13.4. The van der Waals surface area contributed by atoms with Crippen molar-refractivity contribution in [3.8, 4) is 11.3 Å². The largest absolute Gasteiger partial charge is 0.394 e. The average Bonchev–Trinajstić information content (AvgIpc) is 3.22. The van der Waals surface area contributed by atoms with Crippen LogP contribution in [0.15, 0.2) is 66.9 Å². The predicted molar refractivity (Wildman–Crippen MR) is 115 cm³/mol. The van der Waals surface area contributed by atoms with Gasteiger partial charge in [-0.2, -0.15) is 5.10 Å². The molecule has 0 aliphatic carbocycles. The molecule has 3 aromatic rings. The average molecular weight is 405 g/mol. The van der Waals surface area contributed by atoms with Crippen LogP contribution in [0.25, 0.3) is 11.3 Å². The molecule has 1 saturated heterocycles. The van der Waals surface area contributed by atoms with E-state index < -0.39 is 0 Å². The first-order valence-corrected chi connectivity index (χ1v) is 10.4. The third kappa shape index (κ3) is 4.61. The number of benzene rings is 2. The zero-order valence-electron chi connectivity index (χ0n) is 17.0. The first-order chi connectivity index (χ1) is 14.8. The summed E-state index contributed by atoms with van der Waals surface area (Å²) in [5.41, 5.74) is 3.52. The van der Waals surface area contributed by atoms with Gasteiger partial charge in [-0.05, 0) is 18.4 Å². The molecule has 156 valence electrons. The van der Waals surface area contributed by atoms with Gasteiger partial charge in [-0.15, -0.1) is 0 Å². The van der Waals surface area contributed by atoms with Crippen LogP contribution in [0, 0.1) is 0 Å². The summed E-state index contributed by atoms with van der Waals surface area (Å²) < 4.78 is 7.63. The Labute approximate surface area is 176 Å². The number of carbonyl (C=O) groups is 1. The van der Waals surface area contributed by atoms with Crippen molar-refractivity contribution < 1.29 is 14.6 Å². The Morgan fingerprint density at radius 2 is 1.83 bits per heavy atom. The second-order valence-corrected chi connectivity index (χ2v) is 7.49. The second-order valence-electron chi connectivity index (χ2n) is 7.49. The summed E-state index contributed by atoms with van der Waals surface area (Å²) in [5, 5.41) is 13.8. The number of rotatable bonds is 7. The highest BCUT2D eigenvalue weighted by atomic mass is 16.5. The van der Waals surface area contributed by atoms with Gasteiger partial charge in [0, 0.05) is 18.7 Å². The van der Waals surface area contributed by atoms with Crippen molar-refractivity contribution in [1.82, 2.24) is 14.7 Å². The molecule has 6 heteroatoms. The Hall–Kier alpha value is -2.96. The Balaban J connectivity index is 1.50. The molecule has 30 heavy (non-hydrogen) atoms. The number of carbonyl (C=O) groups excluding carboxylic acids is 1. The highest BCUT2D eigenvalue weighted by Gasteiger charge is 2.28. The van der Waals surface area contributed by atoms with Gasteiger partial charge < -0.3 is 14.7 Å². The summed E-state index contributed by atoms with van der Waals surface area (Å²) in [6.07, 6.45) is 3.45. The summed E-state index contributed by atoms with van der Waals surface area (Å²) in [5.74, 6) is -0.0361. The van der Waals surface area contributed by atoms with Crippen LogP contribution in [0.1, 0.15) is 22.3 Å². The molecule has 4 rings (SSSR count). The van der Waals surface area contributed by atoms with Crippen molar-refractivity contribution in [2.45, 2.75) is 25.5 Å². The highest BCUT2D eigenvalue weighted by molar-refractivity contribution is 6.00. The number of morpholine rings is 1. The zero-order valence-corrected chi connectivity index (χ0v) is 17.0. The van der Waals surface area contributed by atoms with E-state index in [4.69, 9.17) is 4.74 Å². The zero-order chi connectivity index (χ0) is 20.8. The van der Waals surface area contributed by atoms with Crippen LogP contribution in [-0.4, -0.2) is 58.1 Å². The number of aliphatic hydroxyl groups is 1. The molecule has 0 saturated carbocycles. The molecule has 1 amide bonds. The summed E-state index contributed by atoms with van der Waals surface area (Å²) in [6, 6.07) is 20.1. The molecule has 1 N–H and O–H groups in total. The number of hydrogen-bond donors (Lipinski definition) is 1. The molecule has 0 bridgehead atoms. The van der Waals surface area contributed by atoms with E-state index in [1.165, 1.54) is 5.56 Å². The first kappa shape index (κ1) is 20.3. The monoisotopic (exact) mass is 405 g/mol. The Morgan fingerprint density at radius 3 is 2.57 bits per heavy atom. The van der Waals surface area contributed by atoms with E-state index in [-0.39, 0.29) is 18.6 Å². The lowest BCUT2D eigenvalue weighted by Crippen LogP contribution is -2.45. The molecular formula is C24H27N3O3. The number of hydrogen-bond acceptors (Lipinski definition) is 4. The van der Waals surface area contributed by atoms with Crippen LogP contribution in [-0.2, 0) is 17.7 Å². The molecule has 0 spiro atoms. The smallest absolute Gasteiger partial charge is 0.257 e. The van der Waals surface area contributed by atoms with Crippen LogP contribution in [0.3, 0.4) is 0 Å². The van der Waals surface area contributed by atoms with Gasteiger partial charge in [0.1, 0.15) is 0 Å². The van der Waals surface area contributed by atoms with E-state index in [9.17, 15) is 9.90 Å². The van der Waals surface area contributed by atoms with Gasteiger partial charge in [0.2, 0.25) is 0 Å². The van der Waals surface area contributed by atoms with Crippen LogP contribution in [0.4, 0.5) is 0 Å². The van der Waals surface area contributed by atoms with Crippen molar-refractivity contribution in [2.75, 3.05) is 26.3 Å². The number of aliphatic hydroxyl groups excluding tert-OH is 1. The van der Waals surface area contributed by atoms with E-state index in [1.807, 2.05) is 53.4 Å². The fourth-order valence-electron chi connectivity index (χ4n) is 3.93. The normalized spacial score (nSPS) is 16.6. The SMILES string of the molecule is O=C(c1cnn(CCO)c1-c1ccccc1)N1CCOC(CCc2ccccc2)C1. The van der Waals surface area contributed by atoms with Crippen molar-refractivity contribution in [3.05, 3.63) is 78.0 Å². The number of aromatic nitrogens is 2. The quantitative estimate of drug-likeness (QED) is 0.656. The summed E-state index contributed by atoms with van der Waals surface area (Å²) in [6.45, 7) is 2.00. The molecule has 6 nitrogen and oxygen atoms in total. The Bertz CT molecular complexity index is 956. The number of amides is 1. The van der Waals surface area contributed by atoms with Crippen LogP contribution in [0.2, 0.25) is 0 Å². The fraction of sp³-hybridized carbons (Fsp3) is 0.333. The first-order valence-electron chi connectivity index (χ1n) is 10.4. The van der Waals surface area contributed by atoms with Gasteiger partial charge in [-0.3, -0.25) is 9.48 Å². The molecular weight excluding hydrogens is 378 g/mol. The molecule has 1 atom stereocenters. The third-order valence-electron chi connectivity index (χ3n) is 5.45. The van der Waals surface area contributed by atoms with E-state index in [2.05, 4.69) is 17.2 Å². The number of nitrogens with zero attached hydrogens (tertiary/aromatic N) is 3. The van der Waals surface area contributed by atoms with Crippen molar-refractivity contribution in [1.29, 1.82) is 0 Å². The third-order valence-corrected chi connectivity index (χ3v) is 5.45. The maximum absolute atomic E-state index is 13.4. The van der Waals surface area contributed by atoms with Gasteiger partial charge in [0.05, 0.1) is 43.3 Å². The fourth-order valence-corrected chi connectivity index (χ4v) is 3.93. The van der Waals surface area contributed by atoms with E-state index in [0.717, 1.165) is 24.1 Å². The van der Waals surface area contributed by atoms with Gasteiger partial charge in [0.25, 0.3) is 5.91 Å². The lowest BCUT2D eigenvalue weighted by atomic mass is 10.0. The molecule has 1 aromatic heterocycles. The summed E-state index contributed by atoms with van der Waals surface area (Å²) in [4.78, 5) is 15.3. The van der Waals surface area contributed by atoms with Gasteiger partial charge in [0.15, 0.2) is 0 Å². The van der Waals surface area contributed by atoms with Crippen molar-refractivity contribution >= 4 is 5.91 Å². The maximum Gasteiger partial charge on any atom is 0.257 e. The number of ether oxygens (including phenoxy) is 1. The Morgan fingerprint density at radius 1 is 1.10 bits per heavy atom. The minimum atomic E-state index is -0.0361. The summed E-state index contributed by atoms with van der Waals surface area (Å²) >= 11 is 0. The lowest BCUT2D eigenvalue weighted by molar-refractivity contribution is -0.0245. The summed E-state index contributed by atoms with van der Waals surface area (Å²) in [7, 11) is 0. The van der Waals surface area contributed by atoms with Gasteiger partial charge in [-0.1, -0.05) is 60.7 Å². The Kier molecular flexibility index (Phi) is 6.57. The van der Waals surface area contributed by atoms with Crippen molar-refractivity contribution in [2.24, 2.45) is 0 Å².